The van der Waals surface area contributed by atoms with Gasteiger partial charge in [-0.3, -0.25) is 0 Å². The summed E-state index contributed by atoms with van der Waals surface area (Å²) >= 11 is 0. The lowest BCUT2D eigenvalue weighted by Gasteiger charge is -2.55. The summed E-state index contributed by atoms with van der Waals surface area (Å²) < 4.78 is 0. The summed E-state index contributed by atoms with van der Waals surface area (Å²) in [5.74, 6) is 0. The highest BCUT2D eigenvalue weighted by Gasteiger charge is 2.51. The largest absolute Gasteiger partial charge is 0.310 e. The minimum absolute atomic E-state index is 0.0819. The summed E-state index contributed by atoms with van der Waals surface area (Å²) in [6.45, 7) is 18.9. The first-order chi connectivity index (χ1) is 20.4. The third-order valence-electron chi connectivity index (χ3n) is 10.6. The quantitative estimate of drug-likeness (QED) is 0.216. The molecule has 0 atom stereocenters. The Morgan fingerprint density at radius 2 is 0.814 bits per heavy atom. The number of nitrogens with zero attached hydrogens (tertiary/aromatic N) is 2. The molecule has 0 spiro atoms. The van der Waals surface area contributed by atoms with Crippen LogP contribution >= 0.6 is 0 Å². The molecular weight excluding hydrogens is 520 g/mol. The molecular formula is C41H40N2. The molecule has 8 rings (SSSR count). The van der Waals surface area contributed by atoms with E-state index in [2.05, 4.69) is 162 Å². The van der Waals surface area contributed by atoms with Crippen LogP contribution in [0.25, 0.3) is 0 Å². The molecule has 43 heavy (non-hydrogen) atoms. The molecule has 0 N–H and O–H groups in total. The van der Waals surface area contributed by atoms with Crippen molar-refractivity contribution in [3.05, 3.63) is 142 Å². The van der Waals surface area contributed by atoms with Crippen molar-refractivity contribution in [3.8, 4) is 0 Å². The summed E-state index contributed by atoms with van der Waals surface area (Å²) in [6.07, 6.45) is 0. The van der Waals surface area contributed by atoms with E-state index in [1.807, 2.05) is 0 Å². The Morgan fingerprint density at radius 3 is 1.28 bits per heavy atom. The lowest BCUT2D eigenvalue weighted by Crippen LogP contribution is -2.43. The highest BCUT2D eigenvalue weighted by molar-refractivity contribution is 5.99. The maximum absolute atomic E-state index is 2.65. The van der Waals surface area contributed by atoms with Crippen molar-refractivity contribution in [2.24, 2.45) is 0 Å². The van der Waals surface area contributed by atoms with Crippen LogP contribution in [0.2, 0.25) is 0 Å². The maximum Gasteiger partial charge on any atom is 0.0545 e. The number of hydrogen-bond donors (Lipinski definition) is 0. The zero-order valence-electron chi connectivity index (χ0n) is 26.6. The number of benzene rings is 5. The van der Waals surface area contributed by atoms with Crippen molar-refractivity contribution in [1.82, 2.24) is 0 Å². The molecule has 0 amide bonds. The fourth-order valence-corrected chi connectivity index (χ4v) is 8.40. The summed E-state index contributed by atoms with van der Waals surface area (Å²) in [5, 5.41) is 0. The Balaban J connectivity index is 1.50. The zero-order chi connectivity index (χ0) is 30.1. The predicted molar refractivity (Wildman–Crippen MR) is 182 cm³/mol. The van der Waals surface area contributed by atoms with Gasteiger partial charge in [0.15, 0.2) is 0 Å². The van der Waals surface area contributed by atoms with Crippen LogP contribution in [-0.2, 0) is 16.2 Å². The van der Waals surface area contributed by atoms with Gasteiger partial charge in [0.25, 0.3) is 0 Å². The van der Waals surface area contributed by atoms with Crippen LogP contribution in [0.1, 0.15) is 86.1 Å². The third-order valence-corrected chi connectivity index (χ3v) is 10.6. The van der Waals surface area contributed by atoms with Crippen molar-refractivity contribution < 1.29 is 0 Å². The number of aryl methyl sites for hydroxylation is 2. The van der Waals surface area contributed by atoms with E-state index >= 15 is 0 Å². The first kappa shape index (κ1) is 26.3. The lowest BCUT2D eigenvalue weighted by atomic mass is 9.61. The minimum Gasteiger partial charge on any atom is -0.310 e. The van der Waals surface area contributed by atoms with Gasteiger partial charge in [0.05, 0.1) is 17.1 Å². The maximum atomic E-state index is 2.65. The molecule has 2 nitrogen and oxygen atoms in total. The van der Waals surface area contributed by atoms with E-state index in [4.69, 9.17) is 0 Å². The van der Waals surface area contributed by atoms with Gasteiger partial charge < -0.3 is 9.80 Å². The number of rotatable bonds is 3. The summed E-state index contributed by atoms with van der Waals surface area (Å²) in [6, 6.07) is 36.8. The van der Waals surface area contributed by atoms with Gasteiger partial charge in [-0.15, -0.1) is 0 Å². The van der Waals surface area contributed by atoms with Gasteiger partial charge in [-0.1, -0.05) is 102 Å². The van der Waals surface area contributed by atoms with Crippen molar-refractivity contribution in [3.63, 3.8) is 0 Å². The van der Waals surface area contributed by atoms with Crippen molar-refractivity contribution in [2.75, 3.05) is 9.80 Å². The van der Waals surface area contributed by atoms with E-state index in [0.29, 0.717) is 0 Å². The molecule has 0 unspecified atom stereocenters. The first-order valence-corrected chi connectivity index (χ1v) is 15.6. The van der Waals surface area contributed by atoms with E-state index in [1.54, 1.807) is 0 Å². The second-order valence-corrected chi connectivity index (χ2v) is 14.5. The average Bonchev–Trinajstić information content (AvgIpc) is 2.96. The van der Waals surface area contributed by atoms with Crippen molar-refractivity contribution in [2.45, 2.75) is 71.6 Å². The van der Waals surface area contributed by atoms with Gasteiger partial charge in [0, 0.05) is 33.3 Å². The highest BCUT2D eigenvalue weighted by atomic mass is 15.2. The van der Waals surface area contributed by atoms with Gasteiger partial charge >= 0.3 is 0 Å². The molecule has 5 aromatic carbocycles. The van der Waals surface area contributed by atoms with Crippen molar-refractivity contribution in [1.29, 1.82) is 0 Å². The van der Waals surface area contributed by atoms with Crippen LogP contribution in [0.5, 0.6) is 0 Å². The molecule has 214 valence electrons. The summed E-state index contributed by atoms with van der Waals surface area (Å²) in [5.41, 5.74) is 18.3. The fourth-order valence-electron chi connectivity index (χ4n) is 8.40. The summed E-state index contributed by atoms with van der Waals surface area (Å²) in [4.78, 5) is 5.11. The molecule has 0 fully saturated rings. The smallest absolute Gasteiger partial charge is 0.0545 e. The molecule has 0 saturated heterocycles. The second kappa shape index (κ2) is 8.41. The molecule has 0 saturated carbocycles. The third kappa shape index (κ3) is 3.35. The molecule has 2 heteroatoms. The van der Waals surface area contributed by atoms with E-state index in [0.717, 1.165) is 0 Å². The standard InChI is InChI=1S/C41H40N2/c1-25-20-26(2)22-28(21-25)42(27-14-10-9-11-15-27)29-23-34-38-35(24-29)41(7,8)33-19-13-17-31-37(33)43(38)36-30(39(31,3)4)16-12-18-32(36)40(34,5)6/h9-24H,1-8H3. The molecule has 0 aromatic heterocycles. The second-order valence-electron chi connectivity index (χ2n) is 14.5. The van der Waals surface area contributed by atoms with Gasteiger partial charge in [-0.05, 0) is 94.8 Å². The fraction of sp³-hybridized carbons (Fsp3) is 0.268. The molecule has 3 heterocycles. The average molecular weight is 561 g/mol. The van der Waals surface area contributed by atoms with Crippen LogP contribution in [0, 0.1) is 13.8 Å². The van der Waals surface area contributed by atoms with Crippen molar-refractivity contribution >= 4 is 34.1 Å². The molecule has 0 radical (unpaired) electrons. The highest BCUT2D eigenvalue weighted by Crippen LogP contribution is 2.66. The van der Waals surface area contributed by atoms with Gasteiger partial charge in [-0.2, -0.15) is 0 Å². The zero-order valence-corrected chi connectivity index (χ0v) is 26.6. The number of hydrogen-bond acceptors (Lipinski definition) is 2. The first-order valence-electron chi connectivity index (χ1n) is 15.6. The van der Waals surface area contributed by atoms with Crippen LogP contribution in [0.3, 0.4) is 0 Å². The van der Waals surface area contributed by atoms with Gasteiger partial charge in [-0.25, -0.2) is 0 Å². The summed E-state index contributed by atoms with van der Waals surface area (Å²) in [7, 11) is 0. The van der Waals surface area contributed by atoms with Gasteiger partial charge in [0.1, 0.15) is 0 Å². The van der Waals surface area contributed by atoms with E-state index < -0.39 is 0 Å². The molecule has 5 aromatic rings. The van der Waals surface area contributed by atoms with Crippen LogP contribution in [-0.4, -0.2) is 0 Å². The molecule has 3 aliphatic rings. The molecule has 0 bridgehead atoms. The Kier molecular flexibility index (Phi) is 5.15. The Hall–Kier alpha value is -4.30. The lowest BCUT2D eigenvalue weighted by molar-refractivity contribution is 0.566. The van der Waals surface area contributed by atoms with Crippen LogP contribution < -0.4 is 9.80 Å². The van der Waals surface area contributed by atoms with Crippen LogP contribution in [0.15, 0.2) is 97.1 Å². The Labute approximate surface area is 256 Å². The molecule has 3 aliphatic heterocycles. The topological polar surface area (TPSA) is 6.48 Å². The van der Waals surface area contributed by atoms with E-state index in [9.17, 15) is 0 Å². The van der Waals surface area contributed by atoms with Gasteiger partial charge in [0.2, 0.25) is 0 Å². The van der Waals surface area contributed by atoms with E-state index in [1.165, 1.54) is 78.6 Å². The number of para-hydroxylation sites is 3. The minimum atomic E-state index is -0.178. The normalized spacial score (nSPS) is 17.3. The Bertz CT molecular complexity index is 1860. The van der Waals surface area contributed by atoms with Crippen LogP contribution in [0.4, 0.5) is 34.1 Å². The van der Waals surface area contributed by atoms with E-state index in [-0.39, 0.29) is 16.2 Å². The SMILES string of the molecule is Cc1cc(C)cc(N(c2ccccc2)c2cc3c4c(c2)C(C)(C)c2cccc5c2N4c2c(cccc2C3(C)C)C5(C)C)c1. The monoisotopic (exact) mass is 560 g/mol. The molecule has 0 aliphatic carbocycles. The Morgan fingerprint density at radius 1 is 0.419 bits per heavy atom. The predicted octanol–water partition coefficient (Wildman–Crippen LogP) is 11.2. The number of anilines is 6.